The van der Waals surface area contributed by atoms with Crippen LogP contribution < -0.4 is 0 Å². The lowest BCUT2D eigenvalue weighted by molar-refractivity contribution is -0.0885. The number of aliphatic hydroxyl groups is 1. The summed E-state index contributed by atoms with van der Waals surface area (Å²) < 4.78 is 26.0. The molecule has 1 nitrogen and oxygen atoms in total. The molecule has 0 saturated heterocycles. The van der Waals surface area contributed by atoms with Crippen molar-refractivity contribution < 1.29 is 13.9 Å². The van der Waals surface area contributed by atoms with Gasteiger partial charge in [0.15, 0.2) is 0 Å². The Kier molecular flexibility index (Phi) is 4.07. The molecule has 16 heavy (non-hydrogen) atoms. The van der Waals surface area contributed by atoms with E-state index >= 15 is 0 Å². The third-order valence-electron chi connectivity index (χ3n) is 2.55. The fraction of sp³-hybridized carbons (Fsp3) is 0.500. The molecule has 90 valence electrons. The number of halogens is 3. The summed E-state index contributed by atoms with van der Waals surface area (Å²) in [7, 11) is 0. The van der Waals surface area contributed by atoms with Crippen LogP contribution in [0.2, 0.25) is 0 Å². The number of hydrogen-bond donors (Lipinski definition) is 1. The molecule has 0 aliphatic heterocycles. The zero-order valence-corrected chi connectivity index (χ0v) is 10.8. The highest BCUT2D eigenvalue weighted by atomic mass is 79.9. The fourth-order valence-corrected chi connectivity index (χ4v) is 2.28. The van der Waals surface area contributed by atoms with Crippen LogP contribution in [0.25, 0.3) is 0 Å². The Morgan fingerprint density at radius 1 is 1.25 bits per heavy atom. The Morgan fingerprint density at radius 2 is 1.75 bits per heavy atom. The Bertz CT molecular complexity index is 333. The standard InChI is InChI=1S/C12H15BrF2O/c1-11(2,10(16)12(13,14)15)8-9-6-4-3-5-7-9/h3-7,10,16H,8H2,1-2H3/t10-/m1/s1. The minimum absolute atomic E-state index is 0.399. The van der Waals surface area contributed by atoms with Gasteiger partial charge in [-0.15, -0.1) is 0 Å². The topological polar surface area (TPSA) is 20.2 Å². The number of rotatable bonds is 4. The van der Waals surface area contributed by atoms with Gasteiger partial charge in [-0.05, 0) is 27.9 Å². The van der Waals surface area contributed by atoms with Gasteiger partial charge in [-0.2, -0.15) is 8.78 Å². The van der Waals surface area contributed by atoms with Crippen molar-refractivity contribution in [2.45, 2.75) is 31.2 Å². The molecular weight excluding hydrogens is 278 g/mol. The Morgan fingerprint density at radius 3 is 2.19 bits per heavy atom. The van der Waals surface area contributed by atoms with Gasteiger partial charge >= 0.3 is 4.83 Å². The summed E-state index contributed by atoms with van der Waals surface area (Å²) >= 11 is 2.21. The maximum atomic E-state index is 13.0. The molecule has 0 radical (unpaired) electrons. The molecule has 0 aliphatic carbocycles. The van der Waals surface area contributed by atoms with Gasteiger partial charge in [0.05, 0.1) is 0 Å². The van der Waals surface area contributed by atoms with Crippen molar-refractivity contribution in [2.24, 2.45) is 5.41 Å². The summed E-state index contributed by atoms with van der Waals surface area (Å²) in [6, 6.07) is 9.29. The summed E-state index contributed by atoms with van der Waals surface area (Å²) in [5, 5.41) is 9.58. The maximum absolute atomic E-state index is 13.0. The molecule has 0 saturated carbocycles. The van der Waals surface area contributed by atoms with Crippen LogP contribution in [-0.4, -0.2) is 16.0 Å². The molecule has 0 heterocycles. The minimum Gasteiger partial charge on any atom is -0.385 e. The van der Waals surface area contributed by atoms with E-state index in [0.29, 0.717) is 6.42 Å². The van der Waals surface area contributed by atoms with Crippen molar-refractivity contribution in [2.75, 3.05) is 0 Å². The van der Waals surface area contributed by atoms with E-state index in [9.17, 15) is 13.9 Å². The molecule has 0 bridgehead atoms. The monoisotopic (exact) mass is 292 g/mol. The first-order valence-electron chi connectivity index (χ1n) is 5.02. The summed E-state index contributed by atoms with van der Waals surface area (Å²) in [6.07, 6.45) is -1.32. The van der Waals surface area contributed by atoms with Gasteiger partial charge in [-0.1, -0.05) is 44.2 Å². The van der Waals surface area contributed by atoms with Crippen molar-refractivity contribution in [1.82, 2.24) is 0 Å². The molecule has 1 aromatic rings. The SMILES string of the molecule is CC(C)(Cc1ccccc1)[C@@H](O)C(F)(F)Br. The van der Waals surface area contributed by atoms with Gasteiger partial charge in [-0.3, -0.25) is 0 Å². The highest BCUT2D eigenvalue weighted by molar-refractivity contribution is 9.10. The maximum Gasteiger partial charge on any atom is 0.327 e. The summed E-state index contributed by atoms with van der Waals surface area (Å²) in [6.45, 7) is 3.25. The van der Waals surface area contributed by atoms with E-state index in [-0.39, 0.29) is 0 Å². The van der Waals surface area contributed by atoms with Gasteiger partial charge in [0.25, 0.3) is 0 Å². The number of aliphatic hydroxyl groups excluding tert-OH is 1. The van der Waals surface area contributed by atoms with Crippen LogP contribution in [0.5, 0.6) is 0 Å². The van der Waals surface area contributed by atoms with Crippen LogP contribution in [0, 0.1) is 5.41 Å². The zero-order chi connectivity index (χ0) is 12.4. The van der Waals surface area contributed by atoms with Crippen molar-refractivity contribution in [3.05, 3.63) is 35.9 Å². The van der Waals surface area contributed by atoms with Gasteiger partial charge in [0, 0.05) is 5.41 Å². The van der Waals surface area contributed by atoms with E-state index in [0.717, 1.165) is 5.56 Å². The molecule has 1 N–H and O–H groups in total. The van der Waals surface area contributed by atoms with E-state index < -0.39 is 16.4 Å². The quantitative estimate of drug-likeness (QED) is 0.841. The molecule has 0 spiro atoms. The lowest BCUT2D eigenvalue weighted by Crippen LogP contribution is -2.42. The third-order valence-corrected chi connectivity index (χ3v) is 2.99. The normalized spacial score (nSPS) is 14.9. The lowest BCUT2D eigenvalue weighted by Gasteiger charge is -2.33. The largest absolute Gasteiger partial charge is 0.385 e. The van der Waals surface area contributed by atoms with Gasteiger partial charge in [0.1, 0.15) is 6.10 Å². The van der Waals surface area contributed by atoms with Crippen LogP contribution in [0.3, 0.4) is 0 Å². The smallest absolute Gasteiger partial charge is 0.327 e. The van der Waals surface area contributed by atoms with Crippen molar-refractivity contribution in [3.8, 4) is 0 Å². The molecule has 0 aliphatic rings. The fourth-order valence-electron chi connectivity index (χ4n) is 1.66. The average Bonchev–Trinajstić information content (AvgIpc) is 2.16. The minimum atomic E-state index is -3.26. The number of alkyl halides is 3. The van der Waals surface area contributed by atoms with Crippen molar-refractivity contribution in [3.63, 3.8) is 0 Å². The highest BCUT2D eigenvalue weighted by Crippen LogP contribution is 2.38. The molecule has 1 aromatic carbocycles. The zero-order valence-electron chi connectivity index (χ0n) is 9.25. The molecule has 0 unspecified atom stereocenters. The van der Waals surface area contributed by atoms with Crippen molar-refractivity contribution in [1.29, 1.82) is 0 Å². The van der Waals surface area contributed by atoms with Gasteiger partial charge in [0.2, 0.25) is 0 Å². The van der Waals surface area contributed by atoms with Crippen LogP contribution >= 0.6 is 15.9 Å². The van der Waals surface area contributed by atoms with Crippen LogP contribution in [0.15, 0.2) is 30.3 Å². The Balaban J connectivity index is 2.80. The second-order valence-corrected chi connectivity index (χ2v) is 5.65. The number of hydrogen-bond acceptors (Lipinski definition) is 1. The van der Waals surface area contributed by atoms with Crippen molar-refractivity contribution >= 4 is 15.9 Å². The molecule has 0 amide bonds. The summed E-state index contributed by atoms with van der Waals surface area (Å²) in [5.74, 6) is 0. The van der Waals surface area contributed by atoms with E-state index in [1.54, 1.807) is 13.8 Å². The van der Waals surface area contributed by atoms with Gasteiger partial charge in [-0.25, -0.2) is 0 Å². The second-order valence-electron chi connectivity index (χ2n) is 4.60. The average molecular weight is 293 g/mol. The lowest BCUT2D eigenvalue weighted by atomic mass is 9.80. The van der Waals surface area contributed by atoms with Crippen LogP contribution in [-0.2, 0) is 6.42 Å². The third kappa shape index (κ3) is 3.52. The first kappa shape index (κ1) is 13.6. The first-order valence-corrected chi connectivity index (χ1v) is 5.81. The Labute approximate surface area is 103 Å². The van der Waals surface area contributed by atoms with E-state index in [1.807, 2.05) is 30.3 Å². The van der Waals surface area contributed by atoms with E-state index in [2.05, 4.69) is 15.9 Å². The van der Waals surface area contributed by atoms with E-state index in [1.165, 1.54) is 0 Å². The molecule has 4 heteroatoms. The molecule has 1 atom stereocenters. The number of benzene rings is 1. The molecule has 1 rings (SSSR count). The Hall–Kier alpha value is -0.480. The molecule has 0 aromatic heterocycles. The summed E-state index contributed by atoms with van der Waals surface area (Å²) in [4.78, 5) is -3.26. The first-order chi connectivity index (χ1) is 7.23. The second kappa shape index (κ2) is 4.80. The van der Waals surface area contributed by atoms with E-state index in [4.69, 9.17) is 0 Å². The molecule has 0 fully saturated rings. The summed E-state index contributed by atoms with van der Waals surface area (Å²) in [5.41, 5.74) is 0.0391. The van der Waals surface area contributed by atoms with Crippen LogP contribution in [0.1, 0.15) is 19.4 Å². The predicted molar refractivity (Wildman–Crippen MR) is 63.8 cm³/mol. The molecular formula is C12H15BrF2O. The van der Waals surface area contributed by atoms with Crippen LogP contribution in [0.4, 0.5) is 8.78 Å². The van der Waals surface area contributed by atoms with Gasteiger partial charge < -0.3 is 5.11 Å². The predicted octanol–water partition coefficient (Wildman–Crippen LogP) is 3.60. The highest BCUT2D eigenvalue weighted by Gasteiger charge is 2.45.